The fraction of sp³-hybridized carbons (Fsp3) is 0.583. The zero-order valence-electron chi connectivity index (χ0n) is 9.61. The molecule has 16 heavy (non-hydrogen) atoms. The van der Waals surface area contributed by atoms with Gasteiger partial charge in [0.15, 0.2) is 5.76 Å². The summed E-state index contributed by atoms with van der Waals surface area (Å²) in [6.45, 7) is 3.17. The lowest BCUT2D eigenvalue weighted by Gasteiger charge is -2.34. The van der Waals surface area contributed by atoms with Crippen molar-refractivity contribution in [3.63, 3.8) is 0 Å². The number of piperidine rings is 1. The molecule has 1 unspecified atom stereocenters. The fourth-order valence-electron chi connectivity index (χ4n) is 2.20. The first-order valence-corrected chi connectivity index (χ1v) is 5.80. The highest BCUT2D eigenvalue weighted by atomic mass is 16.3. The number of hydrogen-bond acceptors (Lipinski definition) is 3. The Kier molecular flexibility index (Phi) is 3.29. The van der Waals surface area contributed by atoms with Crippen molar-refractivity contribution in [1.29, 1.82) is 0 Å². The molecule has 0 spiro atoms. The molecule has 1 aromatic heterocycles. The molecule has 2 N–H and O–H groups in total. The van der Waals surface area contributed by atoms with Gasteiger partial charge in [0.25, 0.3) is 5.91 Å². The van der Waals surface area contributed by atoms with E-state index in [1.54, 1.807) is 6.07 Å². The van der Waals surface area contributed by atoms with Gasteiger partial charge in [0.1, 0.15) is 5.76 Å². The van der Waals surface area contributed by atoms with Gasteiger partial charge in [0.2, 0.25) is 0 Å². The van der Waals surface area contributed by atoms with Gasteiger partial charge < -0.3 is 15.1 Å². The minimum Gasteiger partial charge on any atom is -0.456 e. The Balaban J connectivity index is 2.13. The molecule has 1 amide bonds. The summed E-state index contributed by atoms with van der Waals surface area (Å²) in [7, 11) is 0. The average molecular weight is 222 g/mol. The number of aryl methyl sites for hydroxylation is 1. The van der Waals surface area contributed by atoms with Gasteiger partial charge in [-0.05, 0) is 38.3 Å². The maximum Gasteiger partial charge on any atom is 0.289 e. The molecule has 0 aromatic carbocycles. The van der Waals surface area contributed by atoms with Crippen LogP contribution in [0.5, 0.6) is 0 Å². The zero-order valence-corrected chi connectivity index (χ0v) is 9.61. The Morgan fingerprint density at radius 3 is 3.00 bits per heavy atom. The topological polar surface area (TPSA) is 59.5 Å². The van der Waals surface area contributed by atoms with E-state index in [0.29, 0.717) is 12.3 Å². The third-order valence-electron chi connectivity index (χ3n) is 3.11. The Morgan fingerprint density at radius 1 is 1.56 bits per heavy atom. The van der Waals surface area contributed by atoms with Gasteiger partial charge in [-0.2, -0.15) is 0 Å². The summed E-state index contributed by atoms with van der Waals surface area (Å²) in [6.07, 6.45) is 3.21. The fourth-order valence-corrected chi connectivity index (χ4v) is 2.20. The van der Waals surface area contributed by atoms with Crippen LogP contribution in [0.25, 0.3) is 0 Å². The van der Waals surface area contributed by atoms with Crippen LogP contribution in [0.3, 0.4) is 0 Å². The summed E-state index contributed by atoms with van der Waals surface area (Å²) in [5.41, 5.74) is 5.69. The molecule has 0 saturated carbocycles. The van der Waals surface area contributed by atoms with Gasteiger partial charge in [-0.25, -0.2) is 0 Å². The maximum atomic E-state index is 12.2. The standard InChI is InChI=1S/C12H18N2O2/c1-9-5-6-11(16-9)12(15)14-7-3-2-4-10(14)8-13/h5-6,10H,2-4,7-8,13H2,1H3. The van der Waals surface area contributed by atoms with E-state index in [-0.39, 0.29) is 11.9 Å². The summed E-state index contributed by atoms with van der Waals surface area (Å²) in [5.74, 6) is 1.17. The second-order valence-corrected chi connectivity index (χ2v) is 4.29. The minimum absolute atomic E-state index is 0.0248. The van der Waals surface area contributed by atoms with Crippen molar-refractivity contribution in [1.82, 2.24) is 4.90 Å². The van der Waals surface area contributed by atoms with Crippen LogP contribution < -0.4 is 5.73 Å². The predicted molar refractivity (Wildman–Crippen MR) is 61.2 cm³/mol. The highest BCUT2D eigenvalue weighted by Crippen LogP contribution is 2.19. The molecule has 1 aromatic rings. The highest BCUT2D eigenvalue weighted by molar-refractivity contribution is 5.91. The van der Waals surface area contributed by atoms with Crippen LogP contribution in [-0.4, -0.2) is 29.9 Å². The van der Waals surface area contributed by atoms with E-state index in [1.807, 2.05) is 17.9 Å². The van der Waals surface area contributed by atoms with Crippen molar-refractivity contribution in [2.24, 2.45) is 5.73 Å². The second-order valence-electron chi connectivity index (χ2n) is 4.29. The van der Waals surface area contributed by atoms with Gasteiger partial charge >= 0.3 is 0 Å². The molecular weight excluding hydrogens is 204 g/mol. The lowest BCUT2D eigenvalue weighted by molar-refractivity contribution is 0.0589. The third-order valence-corrected chi connectivity index (χ3v) is 3.11. The molecule has 1 aliphatic heterocycles. The van der Waals surface area contributed by atoms with E-state index in [1.165, 1.54) is 0 Å². The van der Waals surface area contributed by atoms with E-state index >= 15 is 0 Å². The molecule has 0 radical (unpaired) electrons. The first kappa shape index (κ1) is 11.2. The quantitative estimate of drug-likeness (QED) is 0.825. The second kappa shape index (κ2) is 4.70. The number of carbonyl (C=O) groups is 1. The SMILES string of the molecule is Cc1ccc(C(=O)N2CCCCC2CN)o1. The zero-order chi connectivity index (χ0) is 11.5. The van der Waals surface area contributed by atoms with Crippen molar-refractivity contribution >= 4 is 5.91 Å². The van der Waals surface area contributed by atoms with Crippen LogP contribution in [0.1, 0.15) is 35.6 Å². The summed E-state index contributed by atoms with van der Waals surface area (Å²) >= 11 is 0. The Hall–Kier alpha value is -1.29. The molecule has 0 bridgehead atoms. The van der Waals surface area contributed by atoms with Crippen molar-refractivity contribution in [2.75, 3.05) is 13.1 Å². The number of nitrogens with zero attached hydrogens (tertiary/aromatic N) is 1. The lowest BCUT2D eigenvalue weighted by Crippen LogP contribution is -2.47. The van der Waals surface area contributed by atoms with E-state index in [4.69, 9.17) is 10.2 Å². The normalized spacial score (nSPS) is 21.1. The predicted octanol–water partition coefficient (Wildman–Crippen LogP) is 1.54. The van der Waals surface area contributed by atoms with Crippen LogP contribution in [0.4, 0.5) is 0 Å². The van der Waals surface area contributed by atoms with Crippen molar-refractivity contribution in [3.05, 3.63) is 23.7 Å². The molecule has 2 heterocycles. The van der Waals surface area contributed by atoms with E-state index < -0.39 is 0 Å². The Labute approximate surface area is 95.4 Å². The van der Waals surface area contributed by atoms with Crippen LogP contribution in [0.15, 0.2) is 16.5 Å². The minimum atomic E-state index is -0.0248. The molecule has 1 saturated heterocycles. The summed E-state index contributed by atoms with van der Waals surface area (Å²) in [5, 5.41) is 0. The summed E-state index contributed by atoms with van der Waals surface area (Å²) in [4.78, 5) is 14.0. The van der Waals surface area contributed by atoms with Crippen molar-refractivity contribution in [2.45, 2.75) is 32.2 Å². The van der Waals surface area contributed by atoms with Crippen LogP contribution in [0.2, 0.25) is 0 Å². The smallest absolute Gasteiger partial charge is 0.289 e. The van der Waals surface area contributed by atoms with Crippen molar-refractivity contribution < 1.29 is 9.21 Å². The first-order chi connectivity index (χ1) is 7.72. The molecule has 2 rings (SSSR count). The highest BCUT2D eigenvalue weighted by Gasteiger charge is 2.27. The molecule has 1 fully saturated rings. The lowest BCUT2D eigenvalue weighted by atomic mass is 10.0. The molecule has 1 aliphatic rings. The van der Waals surface area contributed by atoms with Crippen LogP contribution in [0, 0.1) is 6.92 Å². The number of likely N-dealkylation sites (tertiary alicyclic amines) is 1. The summed E-state index contributed by atoms with van der Waals surface area (Å²) in [6, 6.07) is 3.72. The number of amides is 1. The molecule has 88 valence electrons. The monoisotopic (exact) mass is 222 g/mol. The Bertz CT molecular complexity index is 373. The van der Waals surface area contributed by atoms with E-state index in [9.17, 15) is 4.79 Å². The van der Waals surface area contributed by atoms with Crippen LogP contribution in [-0.2, 0) is 0 Å². The maximum absolute atomic E-state index is 12.2. The molecule has 4 heteroatoms. The molecular formula is C12H18N2O2. The van der Waals surface area contributed by atoms with Gasteiger partial charge in [-0.3, -0.25) is 4.79 Å². The Morgan fingerprint density at radius 2 is 2.38 bits per heavy atom. The third kappa shape index (κ3) is 2.11. The van der Waals surface area contributed by atoms with E-state index in [2.05, 4.69) is 0 Å². The van der Waals surface area contributed by atoms with Gasteiger partial charge in [0.05, 0.1) is 0 Å². The number of carbonyl (C=O) groups excluding carboxylic acids is 1. The van der Waals surface area contributed by atoms with Gasteiger partial charge in [-0.15, -0.1) is 0 Å². The summed E-state index contributed by atoms with van der Waals surface area (Å²) < 4.78 is 5.36. The van der Waals surface area contributed by atoms with Gasteiger partial charge in [-0.1, -0.05) is 0 Å². The number of rotatable bonds is 2. The van der Waals surface area contributed by atoms with Crippen molar-refractivity contribution in [3.8, 4) is 0 Å². The molecule has 0 aliphatic carbocycles. The van der Waals surface area contributed by atoms with E-state index in [0.717, 1.165) is 31.6 Å². The number of hydrogen-bond donors (Lipinski definition) is 1. The largest absolute Gasteiger partial charge is 0.456 e. The number of furan rings is 1. The average Bonchev–Trinajstić information content (AvgIpc) is 2.75. The molecule has 1 atom stereocenters. The van der Waals surface area contributed by atoms with Gasteiger partial charge in [0, 0.05) is 19.1 Å². The molecule has 4 nitrogen and oxygen atoms in total. The number of nitrogens with two attached hydrogens (primary N) is 1. The van der Waals surface area contributed by atoms with Crippen LogP contribution >= 0.6 is 0 Å². The first-order valence-electron chi connectivity index (χ1n) is 5.80.